The summed E-state index contributed by atoms with van der Waals surface area (Å²) in [5, 5.41) is 9.64. The van der Waals surface area contributed by atoms with Gasteiger partial charge in [0.1, 0.15) is 6.54 Å². The zero-order valence-electron chi connectivity index (χ0n) is 17.3. The molecule has 2 amide bonds. The van der Waals surface area contributed by atoms with E-state index < -0.39 is 11.5 Å². The van der Waals surface area contributed by atoms with Crippen LogP contribution in [0, 0.1) is 0 Å². The average Bonchev–Trinajstić information content (AvgIpc) is 2.74. The Morgan fingerprint density at radius 1 is 0.935 bits per heavy atom. The Labute approximate surface area is 178 Å². The molecular formula is C22H22N4O5. The van der Waals surface area contributed by atoms with Gasteiger partial charge in [-0.05, 0) is 42.5 Å². The van der Waals surface area contributed by atoms with Crippen LogP contribution in [-0.4, -0.2) is 35.8 Å². The Balaban J connectivity index is 1.79. The summed E-state index contributed by atoms with van der Waals surface area (Å²) in [6.07, 6.45) is 0. The first-order valence-electron chi connectivity index (χ1n) is 9.37. The van der Waals surface area contributed by atoms with Gasteiger partial charge in [0.15, 0.2) is 11.5 Å². The molecular weight excluding hydrogens is 400 g/mol. The van der Waals surface area contributed by atoms with Crippen LogP contribution >= 0.6 is 0 Å². The standard InChI is InChI=1S/C22H22N4O5/c1-14(27)23-16-5-4-6-17(12-16)24-21(28)13-26-22(29)10-8-18(25-26)15-7-9-19(30-2)20(11-15)31-3/h4-12H,13H2,1-3H3,(H,23,27)(H,24,28). The van der Waals surface area contributed by atoms with Crippen LogP contribution in [0.25, 0.3) is 11.3 Å². The monoisotopic (exact) mass is 422 g/mol. The van der Waals surface area contributed by atoms with Crippen molar-refractivity contribution in [1.29, 1.82) is 0 Å². The second kappa shape index (κ2) is 9.57. The van der Waals surface area contributed by atoms with Crippen molar-refractivity contribution in [2.45, 2.75) is 13.5 Å². The fraction of sp³-hybridized carbons (Fsp3) is 0.182. The minimum atomic E-state index is -0.431. The highest BCUT2D eigenvalue weighted by Gasteiger charge is 2.11. The third-order valence-electron chi connectivity index (χ3n) is 4.31. The van der Waals surface area contributed by atoms with E-state index in [2.05, 4.69) is 15.7 Å². The number of hydrogen-bond donors (Lipinski definition) is 2. The number of aromatic nitrogens is 2. The fourth-order valence-corrected chi connectivity index (χ4v) is 2.93. The number of nitrogens with zero attached hydrogens (tertiary/aromatic N) is 2. The molecule has 3 aromatic rings. The summed E-state index contributed by atoms with van der Waals surface area (Å²) in [6.45, 7) is 1.12. The summed E-state index contributed by atoms with van der Waals surface area (Å²) in [4.78, 5) is 35.9. The number of hydrogen-bond acceptors (Lipinski definition) is 6. The minimum absolute atomic E-state index is 0.216. The van der Waals surface area contributed by atoms with Crippen molar-refractivity contribution >= 4 is 23.2 Å². The number of carbonyl (C=O) groups excluding carboxylic acids is 2. The van der Waals surface area contributed by atoms with E-state index in [9.17, 15) is 14.4 Å². The highest BCUT2D eigenvalue weighted by molar-refractivity contribution is 5.93. The van der Waals surface area contributed by atoms with Crippen molar-refractivity contribution in [1.82, 2.24) is 9.78 Å². The SMILES string of the molecule is COc1ccc(-c2ccc(=O)n(CC(=O)Nc3cccc(NC(C)=O)c3)n2)cc1OC. The van der Waals surface area contributed by atoms with Crippen LogP contribution in [0.15, 0.2) is 59.4 Å². The van der Waals surface area contributed by atoms with E-state index in [-0.39, 0.29) is 12.5 Å². The second-order valence-electron chi connectivity index (χ2n) is 6.59. The van der Waals surface area contributed by atoms with Gasteiger partial charge in [-0.3, -0.25) is 14.4 Å². The molecule has 0 saturated carbocycles. The normalized spacial score (nSPS) is 10.3. The van der Waals surface area contributed by atoms with Gasteiger partial charge in [0, 0.05) is 29.9 Å². The van der Waals surface area contributed by atoms with E-state index in [1.807, 2.05) is 0 Å². The molecule has 31 heavy (non-hydrogen) atoms. The van der Waals surface area contributed by atoms with Gasteiger partial charge in [-0.1, -0.05) is 6.07 Å². The van der Waals surface area contributed by atoms with Gasteiger partial charge in [-0.2, -0.15) is 5.10 Å². The van der Waals surface area contributed by atoms with Crippen LogP contribution in [0.4, 0.5) is 11.4 Å². The van der Waals surface area contributed by atoms with E-state index in [1.54, 1.807) is 55.6 Å². The topological polar surface area (TPSA) is 112 Å². The second-order valence-corrected chi connectivity index (χ2v) is 6.59. The zero-order valence-corrected chi connectivity index (χ0v) is 17.3. The zero-order chi connectivity index (χ0) is 22.4. The fourth-order valence-electron chi connectivity index (χ4n) is 2.93. The summed E-state index contributed by atoms with van der Waals surface area (Å²) >= 11 is 0. The van der Waals surface area contributed by atoms with Gasteiger partial charge in [0.2, 0.25) is 11.8 Å². The van der Waals surface area contributed by atoms with Crippen LogP contribution in [0.2, 0.25) is 0 Å². The Morgan fingerprint density at radius 2 is 1.65 bits per heavy atom. The van der Waals surface area contributed by atoms with Gasteiger partial charge in [0.25, 0.3) is 5.56 Å². The maximum absolute atomic E-state index is 12.5. The maximum Gasteiger partial charge on any atom is 0.267 e. The molecule has 1 aromatic heterocycles. The number of amides is 2. The summed E-state index contributed by atoms with van der Waals surface area (Å²) in [5.41, 5.74) is 1.83. The Morgan fingerprint density at radius 3 is 2.32 bits per heavy atom. The van der Waals surface area contributed by atoms with Gasteiger partial charge in [-0.25, -0.2) is 4.68 Å². The quantitative estimate of drug-likeness (QED) is 0.605. The lowest BCUT2D eigenvalue weighted by Crippen LogP contribution is -2.29. The van der Waals surface area contributed by atoms with E-state index in [0.717, 1.165) is 4.68 Å². The van der Waals surface area contributed by atoms with Gasteiger partial charge in [0.05, 0.1) is 19.9 Å². The minimum Gasteiger partial charge on any atom is -0.493 e. The van der Waals surface area contributed by atoms with Crippen LogP contribution in [-0.2, 0) is 16.1 Å². The smallest absolute Gasteiger partial charge is 0.267 e. The van der Waals surface area contributed by atoms with Crippen LogP contribution in [0.3, 0.4) is 0 Å². The molecule has 0 spiro atoms. The molecule has 160 valence electrons. The maximum atomic E-state index is 12.5. The lowest BCUT2D eigenvalue weighted by atomic mass is 10.1. The number of nitrogens with one attached hydrogen (secondary N) is 2. The highest BCUT2D eigenvalue weighted by Crippen LogP contribution is 2.31. The average molecular weight is 422 g/mol. The Bertz CT molecular complexity index is 1170. The summed E-state index contributed by atoms with van der Waals surface area (Å²) < 4.78 is 11.6. The van der Waals surface area contributed by atoms with Crippen molar-refractivity contribution in [3.63, 3.8) is 0 Å². The third kappa shape index (κ3) is 5.47. The predicted octanol–water partition coefficient (Wildman–Crippen LogP) is 2.52. The van der Waals surface area contributed by atoms with E-state index in [4.69, 9.17) is 9.47 Å². The largest absolute Gasteiger partial charge is 0.493 e. The van der Waals surface area contributed by atoms with Crippen LogP contribution in [0.5, 0.6) is 11.5 Å². The van der Waals surface area contributed by atoms with Crippen molar-refractivity contribution in [2.75, 3.05) is 24.9 Å². The molecule has 9 nitrogen and oxygen atoms in total. The summed E-state index contributed by atoms with van der Waals surface area (Å²) in [5.74, 6) is 0.446. The molecule has 3 rings (SSSR count). The number of benzene rings is 2. The number of methoxy groups -OCH3 is 2. The van der Waals surface area contributed by atoms with Crippen molar-refractivity contribution < 1.29 is 19.1 Å². The summed E-state index contributed by atoms with van der Waals surface area (Å²) in [7, 11) is 3.07. The number of carbonyl (C=O) groups is 2. The lowest BCUT2D eigenvalue weighted by Gasteiger charge is -2.11. The molecule has 2 aromatic carbocycles. The molecule has 0 aliphatic carbocycles. The van der Waals surface area contributed by atoms with Crippen molar-refractivity contribution in [2.24, 2.45) is 0 Å². The molecule has 0 bridgehead atoms. The van der Waals surface area contributed by atoms with E-state index >= 15 is 0 Å². The predicted molar refractivity (Wildman–Crippen MR) is 116 cm³/mol. The highest BCUT2D eigenvalue weighted by atomic mass is 16.5. The molecule has 0 saturated heterocycles. The Kier molecular flexibility index (Phi) is 6.66. The third-order valence-corrected chi connectivity index (χ3v) is 4.31. The van der Waals surface area contributed by atoms with E-state index in [1.165, 1.54) is 20.1 Å². The Hall–Kier alpha value is -4.14. The molecule has 0 radical (unpaired) electrons. The molecule has 0 unspecified atom stereocenters. The molecule has 0 aliphatic heterocycles. The first kappa shape index (κ1) is 21.6. The van der Waals surface area contributed by atoms with Crippen LogP contribution < -0.4 is 25.7 Å². The number of anilines is 2. The lowest BCUT2D eigenvalue weighted by molar-refractivity contribution is -0.117. The molecule has 0 fully saturated rings. The molecule has 0 aliphatic rings. The molecule has 1 heterocycles. The number of ether oxygens (including phenoxy) is 2. The first-order chi connectivity index (χ1) is 14.9. The van der Waals surface area contributed by atoms with Crippen LogP contribution in [0.1, 0.15) is 6.92 Å². The van der Waals surface area contributed by atoms with Crippen molar-refractivity contribution in [3.8, 4) is 22.8 Å². The molecule has 9 heteroatoms. The van der Waals surface area contributed by atoms with Gasteiger partial charge >= 0.3 is 0 Å². The molecule has 2 N–H and O–H groups in total. The molecule has 0 atom stereocenters. The van der Waals surface area contributed by atoms with Crippen molar-refractivity contribution in [3.05, 3.63) is 65.0 Å². The van der Waals surface area contributed by atoms with Gasteiger partial charge in [-0.15, -0.1) is 0 Å². The summed E-state index contributed by atoms with van der Waals surface area (Å²) in [6, 6.07) is 14.9. The number of rotatable bonds is 7. The first-order valence-corrected chi connectivity index (χ1v) is 9.37. The van der Waals surface area contributed by atoms with Gasteiger partial charge < -0.3 is 20.1 Å². The van der Waals surface area contributed by atoms with E-state index in [0.29, 0.717) is 34.1 Å².